The van der Waals surface area contributed by atoms with Crippen molar-refractivity contribution in [3.05, 3.63) is 122 Å². The molecule has 0 spiro atoms. The first-order valence-corrected chi connectivity index (χ1v) is 21.9. The molecule has 2 aliphatic carbocycles. The zero-order valence-corrected chi connectivity index (χ0v) is 35.4. The van der Waals surface area contributed by atoms with Gasteiger partial charge in [-0.05, 0) is 66.8 Å². The van der Waals surface area contributed by atoms with Crippen molar-refractivity contribution in [3.63, 3.8) is 0 Å². The Hall–Kier alpha value is -6.56. The van der Waals surface area contributed by atoms with Gasteiger partial charge in [-0.2, -0.15) is 32.1 Å². The number of fused-ring (bicyclic) bond motifs is 5. The van der Waals surface area contributed by atoms with Crippen LogP contribution < -0.4 is 15.6 Å². The van der Waals surface area contributed by atoms with E-state index < -0.39 is 129 Å². The molecule has 0 bridgehead atoms. The summed E-state index contributed by atoms with van der Waals surface area (Å²) in [7, 11) is -4.24. The summed E-state index contributed by atoms with van der Waals surface area (Å²) in [5.41, 5.74) is -3.67. The molecule has 1 amide bonds. The summed E-state index contributed by atoms with van der Waals surface area (Å²) in [6.45, 7) is -1.34. The fourth-order valence-electron chi connectivity index (χ4n) is 8.49. The third-order valence-corrected chi connectivity index (χ3v) is 12.0. The Labute approximate surface area is 370 Å². The fourth-order valence-corrected chi connectivity index (χ4v) is 9.23. The minimum atomic E-state index is -5.02. The van der Waals surface area contributed by atoms with Crippen molar-refractivity contribution in [2.75, 3.05) is 11.0 Å². The molecular weight excluding hydrogens is 935 g/mol. The number of benzene rings is 3. The van der Waals surface area contributed by atoms with E-state index >= 15 is 13.6 Å². The van der Waals surface area contributed by atoms with Crippen molar-refractivity contribution in [1.29, 1.82) is 0 Å². The van der Waals surface area contributed by atoms with Crippen molar-refractivity contribution in [2.24, 2.45) is 5.92 Å². The molecule has 0 radical (unpaired) electrons. The highest BCUT2D eigenvalue weighted by Gasteiger charge is 2.67. The topological polar surface area (TPSA) is 172 Å². The normalized spacial score (nSPS) is 17.0. The van der Waals surface area contributed by atoms with Gasteiger partial charge < -0.3 is 5.32 Å². The number of hydrogen-bond donors (Lipinski definition) is 2. The molecule has 2 aliphatic rings. The van der Waals surface area contributed by atoms with Crippen molar-refractivity contribution in [1.82, 2.24) is 44.4 Å². The molecule has 3 aromatic carbocycles. The van der Waals surface area contributed by atoms with Crippen molar-refractivity contribution in [3.8, 4) is 16.8 Å². The molecule has 4 aromatic heterocycles. The van der Waals surface area contributed by atoms with Gasteiger partial charge in [0, 0.05) is 41.9 Å². The van der Waals surface area contributed by atoms with Gasteiger partial charge in [0.25, 0.3) is 17.9 Å². The molecule has 9 rings (SSSR count). The highest BCUT2D eigenvalue weighted by Crippen LogP contribution is 2.68. The van der Waals surface area contributed by atoms with E-state index in [1.165, 1.54) is 30.6 Å². The summed E-state index contributed by atoms with van der Waals surface area (Å²) in [5.74, 6) is -9.97. The molecule has 1 fully saturated rings. The number of alkyl halides is 7. The number of nitrogens with zero attached hydrogens (tertiary/aromatic N) is 8. The van der Waals surface area contributed by atoms with Crippen LogP contribution in [0.15, 0.2) is 65.7 Å². The Balaban J connectivity index is 1.29. The molecule has 0 saturated heterocycles. The van der Waals surface area contributed by atoms with Crippen molar-refractivity contribution in [2.45, 2.75) is 63.3 Å². The SMILES string of the molecule is Cc1ncc(-c2ccc3c(=O)n(-c4ccc(Cl)c5c(NS(C)(=O)=O)nn(CC(F)(F)F)c45)c(C(Cc4cc(F)cc(F)c4)NC(=O)Cn4nc(C(F)F)c5c4C(F)(F)[C@@H]4C[C@H]54)nc3c2)cn1. The Morgan fingerprint density at radius 3 is 2.33 bits per heavy atom. The lowest BCUT2D eigenvalue weighted by Gasteiger charge is -2.24. The van der Waals surface area contributed by atoms with E-state index in [1.807, 2.05) is 4.72 Å². The highest BCUT2D eigenvalue weighted by molar-refractivity contribution is 7.92. The first kappa shape index (κ1) is 44.6. The van der Waals surface area contributed by atoms with Crippen LogP contribution in [0.5, 0.6) is 0 Å². The lowest BCUT2D eigenvalue weighted by Crippen LogP contribution is -2.38. The van der Waals surface area contributed by atoms with E-state index in [1.54, 1.807) is 6.92 Å². The molecule has 3 atom stereocenters. The Morgan fingerprint density at radius 1 is 0.985 bits per heavy atom. The van der Waals surface area contributed by atoms with E-state index in [4.69, 9.17) is 16.6 Å². The second-order valence-electron chi connectivity index (χ2n) is 15.9. The minimum Gasteiger partial charge on any atom is -0.344 e. The largest absolute Gasteiger partial charge is 0.408 e. The van der Waals surface area contributed by atoms with Gasteiger partial charge in [0.05, 0.1) is 44.8 Å². The van der Waals surface area contributed by atoms with E-state index in [2.05, 4.69) is 25.5 Å². The number of hydrogen-bond acceptors (Lipinski definition) is 9. The number of halogens is 10. The zero-order chi connectivity index (χ0) is 47.4. The number of anilines is 1. The van der Waals surface area contributed by atoms with Crippen LogP contribution >= 0.6 is 11.6 Å². The summed E-state index contributed by atoms with van der Waals surface area (Å²) in [5, 5.41) is 9.15. The number of nitrogens with one attached hydrogen (secondary N) is 2. The van der Waals surface area contributed by atoms with Crippen molar-refractivity contribution < 1.29 is 52.7 Å². The molecular formula is C41H30ClF9N10O4S. The molecule has 1 unspecified atom stereocenters. The van der Waals surface area contributed by atoms with E-state index in [0.29, 0.717) is 38.6 Å². The van der Waals surface area contributed by atoms with Gasteiger partial charge in [-0.25, -0.2) is 40.9 Å². The third kappa shape index (κ3) is 8.19. The number of carbonyl (C=O) groups excluding carboxylic acids is 1. The number of aryl methyl sites for hydroxylation is 1. The molecule has 7 aromatic rings. The van der Waals surface area contributed by atoms with Crippen LogP contribution in [0.4, 0.5) is 45.3 Å². The average molecular weight is 965 g/mol. The predicted octanol–water partition coefficient (Wildman–Crippen LogP) is 7.81. The van der Waals surface area contributed by atoms with E-state index in [0.717, 1.165) is 28.8 Å². The third-order valence-electron chi connectivity index (χ3n) is 11.2. The fraction of sp³-hybridized carbons (Fsp3) is 0.293. The summed E-state index contributed by atoms with van der Waals surface area (Å²) in [4.78, 5) is 42.3. The maximum Gasteiger partial charge on any atom is 0.408 e. The average Bonchev–Trinajstić information content (AvgIpc) is 3.74. The molecule has 0 aliphatic heterocycles. The number of sulfonamides is 1. The monoisotopic (exact) mass is 964 g/mol. The van der Waals surface area contributed by atoms with E-state index in [9.17, 15) is 43.9 Å². The van der Waals surface area contributed by atoms with Gasteiger partial charge in [-0.15, -0.1) is 0 Å². The summed E-state index contributed by atoms with van der Waals surface area (Å²) < 4.78 is 160. The predicted molar refractivity (Wildman–Crippen MR) is 219 cm³/mol. The van der Waals surface area contributed by atoms with Gasteiger partial charge in [-0.3, -0.25) is 28.2 Å². The second-order valence-corrected chi connectivity index (χ2v) is 18.1. The van der Waals surface area contributed by atoms with Crippen LogP contribution in [0.2, 0.25) is 5.02 Å². The van der Waals surface area contributed by atoms with Crippen LogP contribution in [-0.2, 0) is 40.3 Å². The maximum absolute atomic E-state index is 15.6. The molecule has 2 N–H and O–H groups in total. The van der Waals surface area contributed by atoms with Gasteiger partial charge in [0.15, 0.2) is 5.82 Å². The Morgan fingerprint density at radius 2 is 1.68 bits per heavy atom. The van der Waals surface area contributed by atoms with Crippen LogP contribution in [0, 0.1) is 24.5 Å². The van der Waals surface area contributed by atoms with Gasteiger partial charge >= 0.3 is 6.18 Å². The van der Waals surface area contributed by atoms with Crippen LogP contribution in [0.25, 0.3) is 38.6 Å². The number of amides is 1. The standard InChI is InChI=1S/C41H30ClF9N10O4S/c1-17-52-13-20(14-53-17)19-3-4-23-27(10-19)55-38(61(39(23)63)29-6-5-26(42)32-34(29)60(16-40(47,48)49)57-37(32)58-66(2,64)65)28(9-18-7-21(43)11-22(44)8-18)54-30(62)15-59-35-31(33(56-59)36(45)46)24-12-25(24)41(35,50)51/h3-8,10-11,13-14,24-25,28,36H,9,12,15-16H2,1-2H3,(H,54,62)(H,57,58)/t24-,25+,28?/m0/s1. The second kappa shape index (κ2) is 15.8. The van der Waals surface area contributed by atoms with Crippen LogP contribution in [-0.4, -0.2) is 65.8 Å². The number of rotatable bonds is 12. The maximum atomic E-state index is 15.6. The quantitative estimate of drug-likeness (QED) is 0.116. The molecule has 1 saturated carbocycles. The molecule has 344 valence electrons. The Bertz CT molecular complexity index is 3300. The lowest BCUT2D eigenvalue weighted by atomic mass is 10.0. The lowest BCUT2D eigenvalue weighted by molar-refractivity contribution is -0.141. The first-order chi connectivity index (χ1) is 31.0. The smallest absolute Gasteiger partial charge is 0.344 e. The Kier molecular flexibility index (Phi) is 10.7. The van der Waals surface area contributed by atoms with Crippen molar-refractivity contribution >= 4 is 55.2 Å². The minimum absolute atomic E-state index is 0.0701. The summed E-state index contributed by atoms with van der Waals surface area (Å²) >= 11 is 6.51. The number of aromatic nitrogens is 8. The molecule has 25 heteroatoms. The molecule has 66 heavy (non-hydrogen) atoms. The molecule has 14 nitrogen and oxygen atoms in total. The van der Waals surface area contributed by atoms with Gasteiger partial charge in [0.2, 0.25) is 15.9 Å². The zero-order valence-electron chi connectivity index (χ0n) is 33.8. The van der Waals surface area contributed by atoms with Gasteiger partial charge in [0.1, 0.15) is 47.8 Å². The summed E-state index contributed by atoms with van der Waals surface area (Å²) in [6, 6.07) is 6.97. The number of carbonyl (C=O) groups is 1. The van der Waals surface area contributed by atoms with Crippen LogP contribution in [0.1, 0.15) is 59.0 Å². The molecule has 4 heterocycles. The summed E-state index contributed by atoms with van der Waals surface area (Å²) in [6.07, 6.45) is -5.37. The highest BCUT2D eigenvalue weighted by atomic mass is 35.5. The van der Waals surface area contributed by atoms with Crippen LogP contribution in [0.3, 0.4) is 0 Å². The van der Waals surface area contributed by atoms with E-state index in [-0.39, 0.29) is 33.5 Å². The first-order valence-electron chi connectivity index (χ1n) is 19.6. The van der Waals surface area contributed by atoms with Gasteiger partial charge in [-0.1, -0.05) is 17.7 Å².